The van der Waals surface area contributed by atoms with Gasteiger partial charge in [0.05, 0.1) is 12.1 Å². The first-order chi connectivity index (χ1) is 6.72. The van der Waals surface area contributed by atoms with Crippen LogP contribution in [-0.4, -0.2) is 11.7 Å². The van der Waals surface area contributed by atoms with E-state index in [4.69, 9.17) is 10.5 Å². The lowest BCUT2D eigenvalue weighted by atomic mass is 10.2. The van der Waals surface area contributed by atoms with E-state index in [1.54, 1.807) is 7.11 Å². The Hall–Kier alpha value is -1.48. The Balaban J connectivity index is 2.62. The van der Waals surface area contributed by atoms with E-state index in [9.17, 15) is 0 Å². The molecule has 0 unspecified atom stereocenters. The summed E-state index contributed by atoms with van der Waals surface area (Å²) in [6, 6.07) is 8.05. The van der Waals surface area contributed by atoms with Crippen molar-refractivity contribution in [3.63, 3.8) is 0 Å². The molecule has 0 aliphatic carbocycles. The van der Waals surface area contributed by atoms with Crippen molar-refractivity contribution in [1.82, 2.24) is 4.57 Å². The SMILES string of the molecule is COCc1cc2ccc(N)cc2n1C. The number of rotatable bonds is 2. The Morgan fingerprint density at radius 1 is 1.36 bits per heavy atom. The standard InChI is InChI=1S/C11H14N2O/c1-13-10(7-14-2)5-8-3-4-9(12)6-11(8)13/h3-6H,7,12H2,1-2H3. The van der Waals surface area contributed by atoms with E-state index in [0.717, 1.165) is 16.9 Å². The van der Waals surface area contributed by atoms with Gasteiger partial charge in [0.25, 0.3) is 0 Å². The average Bonchev–Trinajstić information content (AvgIpc) is 2.46. The molecule has 1 heterocycles. The third kappa shape index (κ3) is 1.36. The van der Waals surface area contributed by atoms with E-state index in [1.807, 2.05) is 25.2 Å². The second-order valence-corrected chi connectivity index (χ2v) is 3.45. The van der Waals surface area contributed by atoms with Crippen LogP contribution in [0.4, 0.5) is 5.69 Å². The van der Waals surface area contributed by atoms with Gasteiger partial charge in [0.1, 0.15) is 0 Å². The Morgan fingerprint density at radius 3 is 2.86 bits per heavy atom. The zero-order chi connectivity index (χ0) is 10.1. The predicted octanol–water partition coefficient (Wildman–Crippen LogP) is 1.91. The quantitative estimate of drug-likeness (QED) is 0.735. The monoisotopic (exact) mass is 190 g/mol. The zero-order valence-corrected chi connectivity index (χ0v) is 8.45. The van der Waals surface area contributed by atoms with E-state index in [1.165, 1.54) is 5.39 Å². The molecule has 14 heavy (non-hydrogen) atoms. The van der Waals surface area contributed by atoms with Gasteiger partial charge < -0.3 is 15.0 Å². The second kappa shape index (κ2) is 3.35. The van der Waals surface area contributed by atoms with Crippen molar-refractivity contribution in [2.24, 2.45) is 7.05 Å². The van der Waals surface area contributed by atoms with Crippen molar-refractivity contribution < 1.29 is 4.74 Å². The fraction of sp³-hybridized carbons (Fsp3) is 0.273. The van der Waals surface area contributed by atoms with Gasteiger partial charge in [0.15, 0.2) is 0 Å². The summed E-state index contributed by atoms with van der Waals surface area (Å²) in [5.41, 5.74) is 8.84. The van der Waals surface area contributed by atoms with Gasteiger partial charge in [-0.3, -0.25) is 0 Å². The topological polar surface area (TPSA) is 40.2 Å². The summed E-state index contributed by atoms with van der Waals surface area (Å²) in [5.74, 6) is 0. The number of benzene rings is 1. The molecule has 2 rings (SSSR count). The molecular formula is C11H14N2O. The third-order valence-electron chi connectivity index (χ3n) is 2.46. The van der Waals surface area contributed by atoms with Crippen molar-refractivity contribution in [3.05, 3.63) is 30.0 Å². The molecule has 3 nitrogen and oxygen atoms in total. The van der Waals surface area contributed by atoms with Crippen molar-refractivity contribution in [1.29, 1.82) is 0 Å². The number of ether oxygens (including phenoxy) is 1. The van der Waals surface area contributed by atoms with Gasteiger partial charge in [-0.05, 0) is 18.2 Å². The highest BCUT2D eigenvalue weighted by Crippen LogP contribution is 2.21. The fourth-order valence-electron chi connectivity index (χ4n) is 1.69. The summed E-state index contributed by atoms with van der Waals surface area (Å²) in [4.78, 5) is 0. The van der Waals surface area contributed by atoms with Crippen molar-refractivity contribution in [3.8, 4) is 0 Å². The molecule has 0 amide bonds. The van der Waals surface area contributed by atoms with Crippen LogP contribution in [0.3, 0.4) is 0 Å². The molecule has 1 aromatic heterocycles. The summed E-state index contributed by atoms with van der Waals surface area (Å²) in [7, 11) is 3.72. The Bertz CT molecular complexity index is 460. The van der Waals surface area contributed by atoms with Crippen LogP contribution in [0.25, 0.3) is 10.9 Å². The third-order valence-corrected chi connectivity index (χ3v) is 2.46. The number of nitrogens with zero attached hydrogens (tertiary/aromatic N) is 1. The molecule has 2 N–H and O–H groups in total. The molecule has 0 aliphatic heterocycles. The molecule has 0 bridgehead atoms. The summed E-state index contributed by atoms with van der Waals surface area (Å²) in [6.45, 7) is 0.630. The summed E-state index contributed by atoms with van der Waals surface area (Å²) >= 11 is 0. The maximum atomic E-state index is 5.73. The molecule has 0 saturated carbocycles. The highest BCUT2D eigenvalue weighted by Gasteiger charge is 2.04. The molecule has 0 spiro atoms. The van der Waals surface area contributed by atoms with Crippen LogP contribution in [0.5, 0.6) is 0 Å². The number of nitrogen functional groups attached to an aromatic ring is 1. The highest BCUT2D eigenvalue weighted by atomic mass is 16.5. The number of hydrogen-bond acceptors (Lipinski definition) is 2. The van der Waals surface area contributed by atoms with Gasteiger partial charge in [-0.25, -0.2) is 0 Å². The molecule has 1 aromatic carbocycles. The number of nitrogens with two attached hydrogens (primary N) is 1. The molecular weight excluding hydrogens is 176 g/mol. The Kier molecular flexibility index (Phi) is 2.17. The van der Waals surface area contributed by atoms with Crippen LogP contribution < -0.4 is 5.73 Å². The molecule has 0 saturated heterocycles. The van der Waals surface area contributed by atoms with E-state index in [-0.39, 0.29) is 0 Å². The number of aromatic nitrogens is 1. The normalized spacial score (nSPS) is 11.0. The number of methoxy groups -OCH3 is 1. The van der Waals surface area contributed by atoms with Crippen LogP contribution in [0.1, 0.15) is 5.69 Å². The Labute approximate surface area is 83.1 Å². The van der Waals surface area contributed by atoms with Gasteiger partial charge in [0, 0.05) is 30.9 Å². The predicted molar refractivity (Wildman–Crippen MR) is 58.0 cm³/mol. The van der Waals surface area contributed by atoms with E-state index >= 15 is 0 Å². The maximum Gasteiger partial charge on any atom is 0.0864 e. The molecule has 2 aromatic rings. The highest BCUT2D eigenvalue weighted by molar-refractivity contribution is 5.84. The summed E-state index contributed by atoms with van der Waals surface area (Å²) in [5, 5.41) is 1.20. The summed E-state index contributed by atoms with van der Waals surface area (Å²) in [6.07, 6.45) is 0. The van der Waals surface area contributed by atoms with Crippen LogP contribution in [-0.2, 0) is 18.4 Å². The number of hydrogen-bond donors (Lipinski definition) is 1. The lowest BCUT2D eigenvalue weighted by Crippen LogP contribution is -1.97. The first-order valence-electron chi connectivity index (χ1n) is 4.55. The van der Waals surface area contributed by atoms with Gasteiger partial charge in [-0.15, -0.1) is 0 Å². The van der Waals surface area contributed by atoms with E-state index in [0.29, 0.717) is 6.61 Å². The average molecular weight is 190 g/mol. The first kappa shape index (κ1) is 9.09. The minimum Gasteiger partial charge on any atom is -0.399 e. The lowest BCUT2D eigenvalue weighted by molar-refractivity contribution is 0.179. The van der Waals surface area contributed by atoms with Gasteiger partial charge in [-0.2, -0.15) is 0 Å². The maximum absolute atomic E-state index is 5.73. The first-order valence-corrected chi connectivity index (χ1v) is 4.55. The lowest BCUT2D eigenvalue weighted by Gasteiger charge is -2.02. The molecule has 0 atom stereocenters. The van der Waals surface area contributed by atoms with Gasteiger partial charge in [-0.1, -0.05) is 6.07 Å². The number of anilines is 1. The Morgan fingerprint density at radius 2 is 2.14 bits per heavy atom. The van der Waals surface area contributed by atoms with Crippen molar-refractivity contribution >= 4 is 16.6 Å². The zero-order valence-electron chi connectivity index (χ0n) is 8.45. The molecule has 74 valence electrons. The molecule has 0 aliphatic rings. The van der Waals surface area contributed by atoms with Gasteiger partial charge >= 0.3 is 0 Å². The summed E-state index contributed by atoms with van der Waals surface area (Å²) < 4.78 is 7.22. The van der Waals surface area contributed by atoms with Crippen LogP contribution in [0.2, 0.25) is 0 Å². The van der Waals surface area contributed by atoms with Gasteiger partial charge in [0.2, 0.25) is 0 Å². The second-order valence-electron chi connectivity index (χ2n) is 3.45. The molecule has 0 radical (unpaired) electrons. The van der Waals surface area contributed by atoms with E-state index in [2.05, 4.69) is 10.6 Å². The van der Waals surface area contributed by atoms with Crippen LogP contribution >= 0.6 is 0 Å². The minimum atomic E-state index is 0.630. The molecule has 0 fully saturated rings. The van der Waals surface area contributed by atoms with Crippen molar-refractivity contribution in [2.45, 2.75) is 6.61 Å². The smallest absolute Gasteiger partial charge is 0.0864 e. The fourth-order valence-corrected chi connectivity index (χ4v) is 1.69. The molecule has 3 heteroatoms. The van der Waals surface area contributed by atoms with E-state index < -0.39 is 0 Å². The largest absolute Gasteiger partial charge is 0.399 e. The van der Waals surface area contributed by atoms with Crippen LogP contribution in [0, 0.1) is 0 Å². The number of aryl methyl sites for hydroxylation is 1. The number of fused-ring (bicyclic) bond motifs is 1. The van der Waals surface area contributed by atoms with Crippen molar-refractivity contribution in [2.75, 3.05) is 12.8 Å². The van der Waals surface area contributed by atoms with Crippen LogP contribution in [0.15, 0.2) is 24.3 Å². The minimum absolute atomic E-state index is 0.630.